The van der Waals surface area contributed by atoms with Gasteiger partial charge in [0.05, 0.1) is 17.6 Å². The Bertz CT molecular complexity index is 1210. The standard InChI is InChI=1S/C28H31ClF4N2O2/c1-37-19-4-5-25-20(15-19)26(21(29)16-34-25)22(30)6-7-28(17-36)8-11-35(12-9-28)10-2-3-18-13-23(31)27(33)24(32)14-18/h4-5,13-16,22,36H,2-3,6-12,17H2,1H3. The van der Waals surface area contributed by atoms with Gasteiger partial charge in [0.15, 0.2) is 17.5 Å². The number of fused-ring (bicyclic) bond motifs is 1. The summed E-state index contributed by atoms with van der Waals surface area (Å²) in [6.45, 7) is 2.16. The lowest BCUT2D eigenvalue weighted by Gasteiger charge is -2.41. The van der Waals surface area contributed by atoms with Gasteiger partial charge in [-0.05, 0) is 99.5 Å². The van der Waals surface area contributed by atoms with Gasteiger partial charge in [0.25, 0.3) is 0 Å². The van der Waals surface area contributed by atoms with Crippen LogP contribution >= 0.6 is 11.6 Å². The number of halogens is 5. The third-order valence-electron chi connectivity index (χ3n) is 7.55. The van der Waals surface area contributed by atoms with E-state index in [0.29, 0.717) is 66.4 Å². The SMILES string of the molecule is COc1ccc2ncc(Cl)c(C(F)CCC3(CO)CCN(CCCc4cc(F)c(F)c(F)c4)CC3)c2c1. The zero-order valence-electron chi connectivity index (χ0n) is 20.8. The van der Waals surface area contributed by atoms with Crippen molar-refractivity contribution in [1.82, 2.24) is 9.88 Å². The number of aryl methyl sites for hydroxylation is 1. The minimum absolute atomic E-state index is 0.0274. The molecule has 0 saturated carbocycles. The molecule has 1 N–H and O–H groups in total. The van der Waals surface area contributed by atoms with E-state index in [2.05, 4.69) is 9.88 Å². The van der Waals surface area contributed by atoms with Gasteiger partial charge in [0.1, 0.15) is 11.9 Å². The van der Waals surface area contributed by atoms with E-state index in [1.165, 1.54) is 6.20 Å². The summed E-state index contributed by atoms with van der Waals surface area (Å²) in [5, 5.41) is 11.1. The summed E-state index contributed by atoms with van der Waals surface area (Å²) in [5.74, 6) is -3.20. The maximum absolute atomic E-state index is 15.6. The number of benzene rings is 2. The number of ether oxygens (including phenoxy) is 1. The minimum Gasteiger partial charge on any atom is -0.497 e. The van der Waals surface area contributed by atoms with Gasteiger partial charge in [-0.3, -0.25) is 4.98 Å². The van der Waals surface area contributed by atoms with E-state index in [1.807, 2.05) is 0 Å². The van der Waals surface area contributed by atoms with Crippen molar-refractivity contribution in [2.75, 3.05) is 33.4 Å². The number of piperidine rings is 1. The molecule has 1 aromatic heterocycles. The molecule has 4 nitrogen and oxygen atoms in total. The highest BCUT2D eigenvalue weighted by atomic mass is 35.5. The number of hydrogen-bond donors (Lipinski definition) is 1. The Morgan fingerprint density at radius 3 is 2.49 bits per heavy atom. The van der Waals surface area contributed by atoms with E-state index in [9.17, 15) is 18.3 Å². The Balaban J connectivity index is 1.32. The van der Waals surface area contributed by atoms with Crippen LogP contribution in [-0.4, -0.2) is 48.3 Å². The molecule has 3 aromatic rings. The molecule has 1 saturated heterocycles. The van der Waals surface area contributed by atoms with Crippen molar-refractivity contribution in [2.24, 2.45) is 5.41 Å². The van der Waals surface area contributed by atoms with Crippen LogP contribution in [0.15, 0.2) is 36.5 Å². The Labute approximate surface area is 219 Å². The van der Waals surface area contributed by atoms with Gasteiger partial charge in [-0.25, -0.2) is 17.6 Å². The summed E-state index contributed by atoms with van der Waals surface area (Å²) in [7, 11) is 1.55. The topological polar surface area (TPSA) is 45.6 Å². The maximum atomic E-state index is 15.6. The lowest BCUT2D eigenvalue weighted by Crippen LogP contribution is -2.42. The second-order valence-electron chi connectivity index (χ2n) is 9.89. The predicted octanol–water partition coefficient (Wildman–Crippen LogP) is 6.81. The molecule has 200 valence electrons. The summed E-state index contributed by atoms with van der Waals surface area (Å²) in [5.41, 5.74) is 1.08. The number of aliphatic hydroxyl groups excluding tert-OH is 1. The molecule has 1 aliphatic heterocycles. The van der Waals surface area contributed by atoms with Gasteiger partial charge >= 0.3 is 0 Å². The first-order valence-electron chi connectivity index (χ1n) is 12.5. The number of pyridine rings is 1. The molecule has 0 amide bonds. The van der Waals surface area contributed by atoms with Crippen LogP contribution in [0.25, 0.3) is 10.9 Å². The molecule has 1 atom stereocenters. The fourth-order valence-corrected chi connectivity index (χ4v) is 5.46. The average Bonchev–Trinajstić information content (AvgIpc) is 2.90. The number of hydrogen-bond acceptors (Lipinski definition) is 4. The van der Waals surface area contributed by atoms with Crippen molar-refractivity contribution in [3.63, 3.8) is 0 Å². The number of alkyl halides is 1. The molecule has 0 aliphatic carbocycles. The van der Waals surface area contributed by atoms with Crippen molar-refractivity contribution < 1.29 is 27.4 Å². The summed E-state index contributed by atoms with van der Waals surface area (Å²) in [4.78, 5) is 6.52. The van der Waals surface area contributed by atoms with Crippen molar-refractivity contribution in [2.45, 2.75) is 44.7 Å². The van der Waals surface area contributed by atoms with Crippen molar-refractivity contribution >= 4 is 22.5 Å². The van der Waals surface area contributed by atoms with Crippen LogP contribution in [0, 0.1) is 22.9 Å². The Morgan fingerprint density at radius 1 is 1.14 bits per heavy atom. The molecule has 0 radical (unpaired) electrons. The molecule has 2 aromatic carbocycles. The van der Waals surface area contributed by atoms with Crippen LogP contribution < -0.4 is 4.74 Å². The van der Waals surface area contributed by atoms with Crippen molar-refractivity contribution in [3.8, 4) is 5.75 Å². The molecule has 4 rings (SSSR count). The van der Waals surface area contributed by atoms with Crippen LogP contribution in [0.5, 0.6) is 5.75 Å². The second kappa shape index (κ2) is 12.0. The van der Waals surface area contributed by atoms with Crippen molar-refractivity contribution in [3.05, 3.63) is 70.1 Å². The zero-order chi connectivity index (χ0) is 26.6. The van der Waals surface area contributed by atoms with Crippen LogP contribution in [0.4, 0.5) is 17.6 Å². The Morgan fingerprint density at radius 2 is 1.84 bits per heavy atom. The number of aliphatic hydroxyl groups is 1. The van der Waals surface area contributed by atoms with E-state index < -0.39 is 23.6 Å². The van der Waals surface area contributed by atoms with Crippen LogP contribution in [0.2, 0.25) is 5.02 Å². The van der Waals surface area contributed by atoms with E-state index in [-0.39, 0.29) is 23.5 Å². The number of nitrogens with zero attached hydrogens (tertiary/aromatic N) is 2. The number of rotatable bonds is 10. The summed E-state index contributed by atoms with van der Waals surface area (Å²) in [6, 6.07) is 7.35. The highest BCUT2D eigenvalue weighted by molar-refractivity contribution is 6.32. The second-order valence-corrected chi connectivity index (χ2v) is 10.3. The smallest absolute Gasteiger partial charge is 0.194 e. The molecule has 0 bridgehead atoms. The zero-order valence-corrected chi connectivity index (χ0v) is 21.5. The molecular weight excluding hydrogens is 508 g/mol. The van der Waals surface area contributed by atoms with Gasteiger partial charge in [-0.15, -0.1) is 0 Å². The first-order valence-corrected chi connectivity index (χ1v) is 12.9. The van der Waals surface area contributed by atoms with E-state index in [0.717, 1.165) is 25.2 Å². The molecule has 1 aliphatic rings. The van der Waals surface area contributed by atoms with Gasteiger partial charge in [0, 0.05) is 23.8 Å². The average molecular weight is 539 g/mol. The fourth-order valence-electron chi connectivity index (χ4n) is 5.19. The van der Waals surface area contributed by atoms with Gasteiger partial charge in [-0.1, -0.05) is 11.6 Å². The predicted molar refractivity (Wildman–Crippen MR) is 136 cm³/mol. The number of likely N-dealkylation sites (tertiary alicyclic amines) is 1. The third-order valence-corrected chi connectivity index (χ3v) is 7.85. The normalized spacial score (nSPS) is 16.7. The third kappa shape index (κ3) is 6.36. The summed E-state index contributed by atoms with van der Waals surface area (Å²) < 4.78 is 60.9. The Hall–Kier alpha value is -2.42. The number of methoxy groups -OCH3 is 1. The van der Waals surface area contributed by atoms with E-state index in [4.69, 9.17) is 16.3 Å². The molecular formula is C28H31ClF4N2O2. The molecule has 0 spiro atoms. The molecule has 37 heavy (non-hydrogen) atoms. The minimum atomic E-state index is -1.45. The van der Waals surface area contributed by atoms with Crippen molar-refractivity contribution in [1.29, 1.82) is 0 Å². The highest BCUT2D eigenvalue weighted by Crippen LogP contribution is 2.42. The monoisotopic (exact) mass is 538 g/mol. The highest BCUT2D eigenvalue weighted by Gasteiger charge is 2.35. The number of aromatic nitrogens is 1. The lowest BCUT2D eigenvalue weighted by molar-refractivity contribution is 0.0300. The van der Waals surface area contributed by atoms with Gasteiger partial charge in [0.2, 0.25) is 0 Å². The van der Waals surface area contributed by atoms with Crippen LogP contribution in [0.1, 0.15) is 49.4 Å². The molecule has 1 unspecified atom stereocenters. The molecule has 9 heteroatoms. The van der Waals surface area contributed by atoms with Gasteiger partial charge < -0.3 is 14.7 Å². The first kappa shape index (κ1) is 27.6. The largest absolute Gasteiger partial charge is 0.497 e. The quantitative estimate of drug-likeness (QED) is 0.227. The van der Waals surface area contributed by atoms with Gasteiger partial charge in [-0.2, -0.15) is 0 Å². The lowest BCUT2D eigenvalue weighted by atomic mass is 9.74. The Kier molecular flexibility index (Phi) is 8.93. The van der Waals surface area contributed by atoms with Crippen LogP contribution in [-0.2, 0) is 6.42 Å². The fraction of sp³-hybridized carbons (Fsp3) is 0.464. The molecule has 1 fully saturated rings. The molecule has 2 heterocycles. The maximum Gasteiger partial charge on any atom is 0.194 e. The summed E-state index contributed by atoms with van der Waals surface area (Å²) in [6.07, 6.45) is 3.42. The summed E-state index contributed by atoms with van der Waals surface area (Å²) >= 11 is 6.36. The van der Waals surface area contributed by atoms with Crippen LogP contribution in [0.3, 0.4) is 0 Å². The first-order chi connectivity index (χ1) is 17.7. The van der Waals surface area contributed by atoms with E-state index in [1.54, 1.807) is 25.3 Å². The van der Waals surface area contributed by atoms with E-state index >= 15 is 4.39 Å².